The summed E-state index contributed by atoms with van der Waals surface area (Å²) in [7, 11) is 0. The molecule has 0 fully saturated rings. The van der Waals surface area contributed by atoms with Gasteiger partial charge < -0.3 is 10.3 Å². The first-order chi connectivity index (χ1) is 9.72. The summed E-state index contributed by atoms with van der Waals surface area (Å²) >= 11 is 5.67. The average molecular weight is 287 g/mol. The first-order valence-electron chi connectivity index (χ1n) is 6.06. The Hall–Kier alpha value is -2.40. The molecule has 100 valence electrons. The molecule has 6 heteroatoms. The lowest BCUT2D eigenvalue weighted by atomic mass is 10.1. The molecule has 3 aromatic rings. The number of benzene rings is 1. The lowest BCUT2D eigenvalue weighted by molar-refractivity contribution is -0.115. The maximum absolute atomic E-state index is 12.0. The van der Waals surface area contributed by atoms with Crippen LogP contribution in [0.3, 0.4) is 0 Å². The van der Waals surface area contributed by atoms with Crippen molar-refractivity contribution >= 4 is 34.2 Å². The van der Waals surface area contributed by atoms with Crippen LogP contribution in [-0.4, -0.2) is 20.9 Å². The molecule has 1 aromatic carbocycles. The Morgan fingerprint density at radius 1 is 1.30 bits per heavy atom. The van der Waals surface area contributed by atoms with Crippen LogP contribution < -0.4 is 5.32 Å². The first kappa shape index (κ1) is 12.6. The van der Waals surface area contributed by atoms with E-state index >= 15 is 0 Å². The summed E-state index contributed by atoms with van der Waals surface area (Å²) in [5, 5.41) is 3.85. The van der Waals surface area contributed by atoms with E-state index in [1.807, 2.05) is 30.5 Å². The number of rotatable bonds is 3. The zero-order chi connectivity index (χ0) is 13.9. The van der Waals surface area contributed by atoms with Gasteiger partial charge in [-0.3, -0.25) is 4.79 Å². The van der Waals surface area contributed by atoms with Crippen LogP contribution in [0, 0.1) is 0 Å². The van der Waals surface area contributed by atoms with Crippen LogP contribution >= 0.6 is 11.6 Å². The summed E-state index contributed by atoms with van der Waals surface area (Å²) in [6.45, 7) is 0. The van der Waals surface area contributed by atoms with Gasteiger partial charge in [0.15, 0.2) is 0 Å². The van der Waals surface area contributed by atoms with Crippen molar-refractivity contribution in [2.45, 2.75) is 6.42 Å². The monoisotopic (exact) mass is 286 g/mol. The Morgan fingerprint density at radius 3 is 3.00 bits per heavy atom. The number of hydrogen-bond acceptors (Lipinski definition) is 3. The molecular weight excluding hydrogens is 276 g/mol. The number of carbonyl (C=O) groups excluding carboxylic acids is 1. The number of hydrogen-bond donors (Lipinski definition) is 2. The summed E-state index contributed by atoms with van der Waals surface area (Å²) in [5.74, 6) is 0.249. The van der Waals surface area contributed by atoms with E-state index in [1.165, 1.54) is 6.20 Å². The van der Waals surface area contributed by atoms with Crippen molar-refractivity contribution in [2.75, 3.05) is 5.32 Å². The Balaban J connectivity index is 1.76. The number of carbonyl (C=O) groups is 1. The Kier molecular flexibility index (Phi) is 3.35. The summed E-state index contributed by atoms with van der Waals surface area (Å²) < 4.78 is 0. The number of anilines is 1. The fraction of sp³-hybridized carbons (Fsp3) is 0.0714. The normalized spacial score (nSPS) is 10.7. The minimum Gasteiger partial charge on any atom is -0.361 e. The molecule has 2 aromatic heterocycles. The van der Waals surface area contributed by atoms with Gasteiger partial charge in [0.25, 0.3) is 0 Å². The smallest absolute Gasteiger partial charge is 0.230 e. The van der Waals surface area contributed by atoms with Gasteiger partial charge in [-0.25, -0.2) is 9.97 Å². The Labute approximate surface area is 120 Å². The van der Waals surface area contributed by atoms with Gasteiger partial charge in [0.05, 0.1) is 6.42 Å². The van der Waals surface area contributed by atoms with E-state index in [0.29, 0.717) is 5.82 Å². The predicted octanol–water partition coefficient (Wildman–Crippen LogP) is 2.79. The van der Waals surface area contributed by atoms with Crippen molar-refractivity contribution in [2.24, 2.45) is 0 Å². The third-order valence-electron chi connectivity index (χ3n) is 2.92. The van der Waals surface area contributed by atoms with Gasteiger partial charge in [-0.05, 0) is 29.3 Å². The highest BCUT2D eigenvalue weighted by atomic mass is 35.5. The van der Waals surface area contributed by atoms with Gasteiger partial charge in [0.1, 0.15) is 5.82 Å². The van der Waals surface area contributed by atoms with Crippen LogP contribution in [0.1, 0.15) is 5.56 Å². The van der Waals surface area contributed by atoms with Crippen LogP contribution in [-0.2, 0) is 11.2 Å². The standard InChI is InChI=1S/C14H11ClN4O/c15-14-16-6-5-12(19-14)18-13(20)7-9-8-17-11-4-2-1-3-10(9)11/h1-6,8,17H,7H2,(H,16,18,19,20). The molecule has 2 N–H and O–H groups in total. The zero-order valence-corrected chi connectivity index (χ0v) is 11.2. The summed E-state index contributed by atoms with van der Waals surface area (Å²) in [5.41, 5.74) is 1.96. The molecule has 20 heavy (non-hydrogen) atoms. The molecular formula is C14H11ClN4O. The van der Waals surface area contributed by atoms with E-state index in [4.69, 9.17) is 11.6 Å². The second-order valence-electron chi connectivity index (χ2n) is 4.30. The maximum atomic E-state index is 12.0. The topological polar surface area (TPSA) is 70.7 Å². The van der Waals surface area contributed by atoms with Crippen molar-refractivity contribution in [3.8, 4) is 0 Å². The van der Waals surface area contributed by atoms with Gasteiger partial charge in [-0.1, -0.05) is 18.2 Å². The molecule has 0 aliphatic heterocycles. The van der Waals surface area contributed by atoms with Crippen molar-refractivity contribution in [1.82, 2.24) is 15.0 Å². The fourth-order valence-electron chi connectivity index (χ4n) is 2.04. The van der Waals surface area contributed by atoms with E-state index < -0.39 is 0 Å². The Bertz CT molecular complexity index is 768. The van der Waals surface area contributed by atoms with E-state index in [2.05, 4.69) is 20.3 Å². The number of nitrogens with one attached hydrogen (secondary N) is 2. The molecule has 0 radical (unpaired) electrons. The Morgan fingerprint density at radius 2 is 2.15 bits per heavy atom. The highest BCUT2D eigenvalue weighted by Crippen LogP contribution is 2.18. The van der Waals surface area contributed by atoms with Gasteiger partial charge in [-0.15, -0.1) is 0 Å². The van der Waals surface area contributed by atoms with Gasteiger partial charge in [0, 0.05) is 23.3 Å². The highest BCUT2D eigenvalue weighted by molar-refractivity contribution is 6.28. The van der Waals surface area contributed by atoms with Gasteiger partial charge in [0.2, 0.25) is 11.2 Å². The molecule has 0 saturated heterocycles. The number of aromatic nitrogens is 3. The number of nitrogens with zero attached hydrogens (tertiary/aromatic N) is 2. The van der Waals surface area contributed by atoms with Crippen LogP contribution in [0.25, 0.3) is 10.9 Å². The second kappa shape index (κ2) is 5.30. The molecule has 0 aliphatic rings. The molecule has 1 amide bonds. The summed E-state index contributed by atoms with van der Waals surface area (Å²) in [6, 6.07) is 9.45. The van der Waals surface area contributed by atoms with Crippen LogP contribution in [0.15, 0.2) is 42.7 Å². The van der Waals surface area contributed by atoms with Crippen molar-refractivity contribution in [3.63, 3.8) is 0 Å². The molecule has 0 unspecified atom stereocenters. The van der Waals surface area contributed by atoms with Crippen molar-refractivity contribution in [3.05, 3.63) is 53.6 Å². The van der Waals surface area contributed by atoms with E-state index in [9.17, 15) is 4.79 Å². The number of fused-ring (bicyclic) bond motifs is 1. The largest absolute Gasteiger partial charge is 0.361 e. The van der Waals surface area contributed by atoms with Crippen LogP contribution in [0.2, 0.25) is 5.28 Å². The molecule has 0 bridgehead atoms. The van der Waals surface area contributed by atoms with E-state index in [1.54, 1.807) is 6.07 Å². The van der Waals surface area contributed by atoms with E-state index in [0.717, 1.165) is 16.5 Å². The highest BCUT2D eigenvalue weighted by Gasteiger charge is 2.09. The number of aromatic amines is 1. The van der Waals surface area contributed by atoms with Gasteiger partial charge in [-0.2, -0.15) is 0 Å². The lowest BCUT2D eigenvalue weighted by Gasteiger charge is -2.03. The molecule has 3 rings (SSSR count). The van der Waals surface area contributed by atoms with E-state index in [-0.39, 0.29) is 17.6 Å². The number of halogens is 1. The summed E-state index contributed by atoms with van der Waals surface area (Å²) in [4.78, 5) is 22.8. The maximum Gasteiger partial charge on any atom is 0.230 e. The minimum atomic E-state index is -0.149. The van der Waals surface area contributed by atoms with Crippen molar-refractivity contribution in [1.29, 1.82) is 0 Å². The molecule has 5 nitrogen and oxygen atoms in total. The fourth-order valence-corrected chi connectivity index (χ4v) is 2.19. The third kappa shape index (κ3) is 2.62. The molecule has 2 heterocycles. The van der Waals surface area contributed by atoms with Crippen molar-refractivity contribution < 1.29 is 4.79 Å². The summed E-state index contributed by atoms with van der Waals surface area (Å²) in [6.07, 6.45) is 3.61. The SMILES string of the molecule is O=C(Cc1c[nH]c2ccccc12)Nc1ccnc(Cl)n1. The number of para-hydroxylation sites is 1. The molecule has 0 spiro atoms. The minimum absolute atomic E-state index is 0.106. The number of H-pyrrole nitrogens is 1. The number of amides is 1. The second-order valence-corrected chi connectivity index (χ2v) is 4.63. The average Bonchev–Trinajstić information content (AvgIpc) is 2.82. The first-order valence-corrected chi connectivity index (χ1v) is 6.43. The zero-order valence-electron chi connectivity index (χ0n) is 10.4. The van der Waals surface area contributed by atoms with Crippen LogP contribution in [0.5, 0.6) is 0 Å². The molecule has 0 aliphatic carbocycles. The lowest BCUT2D eigenvalue weighted by Crippen LogP contribution is -2.15. The predicted molar refractivity (Wildman–Crippen MR) is 77.7 cm³/mol. The van der Waals surface area contributed by atoms with Crippen LogP contribution in [0.4, 0.5) is 5.82 Å². The molecule has 0 atom stereocenters. The molecule has 0 saturated carbocycles. The quantitative estimate of drug-likeness (QED) is 0.727. The third-order valence-corrected chi connectivity index (χ3v) is 3.10. The van der Waals surface area contributed by atoms with Gasteiger partial charge >= 0.3 is 0 Å².